The Balaban J connectivity index is 2.55. The highest BCUT2D eigenvalue weighted by Gasteiger charge is 2.39. The van der Waals surface area contributed by atoms with Crippen LogP contribution in [0.2, 0.25) is 0 Å². The van der Waals surface area contributed by atoms with Crippen LogP contribution in [-0.4, -0.2) is 40.0 Å². The summed E-state index contributed by atoms with van der Waals surface area (Å²) in [6.07, 6.45) is -0.138. The number of aliphatic hydroxyl groups is 1. The third-order valence-corrected chi connectivity index (χ3v) is 2.54. The van der Waals surface area contributed by atoms with Crippen molar-refractivity contribution in [2.24, 2.45) is 5.73 Å². The number of aliphatic hydroxyl groups excluding tert-OH is 1. The molecular weight excluding hydrogens is 186 g/mol. The Labute approximate surface area is 82.9 Å². The maximum Gasteiger partial charge on any atom is 0.323 e. The van der Waals surface area contributed by atoms with E-state index in [2.05, 4.69) is 0 Å². The van der Waals surface area contributed by atoms with Gasteiger partial charge in [0.15, 0.2) is 0 Å². The van der Waals surface area contributed by atoms with Crippen LogP contribution in [0.25, 0.3) is 0 Å². The van der Waals surface area contributed by atoms with Gasteiger partial charge in [-0.3, -0.25) is 4.79 Å². The van der Waals surface area contributed by atoms with Gasteiger partial charge in [0.2, 0.25) is 0 Å². The first-order valence-electron chi connectivity index (χ1n) is 4.68. The van der Waals surface area contributed by atoms with Crippen molar-refractivity contribution in [2.75, 3.05) is 0 Å². The second-order valence-electron chi connectivity index (χ2n) is 4.31. The standard InChI is InChI=1S/C9H17NO4/c1-9(2)4-3-5(14-9)7(11)6(10)8(12)13/h5-7,11H,3-4,10H2,1-2H3,(H,12,13)/t5-,6-,7+/m0/s1. The highest BCUT2D eigenvalue weighted by Crippen LogP contribution is 2.31. The number of ether oxygens (including phenoxy) is 1. The fraction of sp³-hybridized carbons (Fsp3) is 0.889. The van der Waals surface area contributed by atoms with Crippen molar-refractivity contribution in [1.82, 2.24) is 0 Å². The topological polar surface area (TPSA) is 92.8 Å². The molecular formula is C9H17NO4. The molecule has 3 atom stereocenters. The Kier molecular flexibility index (Phi) is 3.14. The molecule has 5 heteroatoms. The summed E-state index contributed by atoms with van der Waals surface area (Å²) in [5.41, 5.74) is 5.01. The van der Waals surface area contributed by atoms with Crippen LogP contribution >= 0.6 is 0 Å². The van der Waals surface area contributed by atoms with Crippen molar-refractivity contribution in [3.05, 3.63) is 0 Å². The van der Waals surface area contributed by atoms with Crippen LogP contribution in [0.5, 0.6) is 0 Å². The van der Waals surface area contributed by atoms with Gasteiger partial charge in [0.25, 0.3) is 0 Å². The monoisotopic (exact) mass is 203 g/mol. The van der Waals surface area contributed by atoms with Crippen molar-refractivity contribution >= 4 is 5.97 Å². The molecule has 4 N–H and O–H groups in total. The molecule has 5 nitrogen and oxygen atoms in total. The lowest BCUT2D eigenvalue weighted by molar-refractivity contribution is -0.146. The van der Waals surface area contributed by atoms with E-state index in [0.717, 1.165) is 6.42 Å². The number of carboxylic acids is 1. The van der Waals surface area contributed by atoms with Crippen molar-refractivity contribution in [3.63, 3.8) is 0 Å². The normalized spacial score (nSPS) is 29.9. The van der Waals surface area contributed by atoms with Crippen molar-refractivity contribution in [2.45, 2.75) is 50.5 Å². The molecule has 1 aliphatic heterocycles. The molecule has 0 aliphatic carbocycles. The van der Waals surface area contributed by atoms with E-state index in [1.807, 2.05) is 13.8 Å². The number of carboxylic acid groups (broad SMARTS) is 1. The molecule has 0 amide bonds. The summed E-state index contributed by atoms with van der Waals surface area (Å²) in [5.74, 6) is -1.20. The predicted molar refractivity (Wildman–Crippen MR) is 49.8 cm³/mol. The summed E-state index contributed by atoms with van der Waals surface area (Å²) in [6.45, 7) is 3.82. The van der Waals surface area contributed by atoms with E-state index in [1.54, 1.807) is 0 Å². The number of carbonyl (C=O) groups is 1. The zero-order chi connectivity index (χ0) is 10.9. The lowest BCUT2D eigenvalue weighted by atomic mass is 10.0. The largest absolute Gasteiger partial charge is 0.480 e. The van der Waals surface area contributed by atoms with Crippen LogP contribution in [0.3, 0.4) is 0 Å². The molecule has 1 aliphatic rings. The molecule has 0 saturated carbocycles. The Morgan fingerprint density at radius 3 is 2.57 bits per heavy atom. The molecule has 0 unspecified atom stereocenters. The third-order valence-electron chi connectivity index (χ3n) is 2.54. The molecule has 0 spiro atoms. The van der Waals surface area contributed by atoms with Crippen molar-refractivity contribution in [1.29, 1.82) is 0 Å². The van der Waals surface area contributed by atoms with Gasteiger partial charge in [0, 0.05) is 0 Å². The van der Waals surface area contributed by atoms with Crippen LogP contribution in [0.1, 0.15) is 26.7 Å². The minimum atomic E-state index is -1.27. The molecule has 1 fully saturated rings. The maximum absolute atomic E-state index is 10.5. The van der Waals surface area contributed by atoms with E-state index < -0.39 is 24.2 Å². The number of hydrogen-bond acceptors (Lipinski definition) is 4. The molecule has 14 heavy (non-hydrogen) atoms. The smallest absolute Gasteiger partial charge is 0.323 e. The lowest BCUT2D eigenvalue weighted by Crippen LogP contribution is -2.48. The first-order valence-corrected chi connectivity index (χ1v) is 4.68. The summed E-state index contributed by atoms with van der Waals surface area (Å²) in [4.78, 5) is 10.5. The Morgan fingerprint density at radius 2 is 2.21 bits per heavy atom. The van der Waals surface area contributed by atoms with Crippen LogP contribution < -0.4 is 5.73 Å². The summed E-state index contributed by atoms with van der Waals surface area (Å²) in [6, 6.07) is -1.27. The van der Waals surface area contributed by atoms with Crippen LogP contribution in [0, 0.1) is 0 Å². The quantitative estimate of drug-likeness (QED) is 0.586. The average molecular weight is 203 g/mol. The Hall–Kier alpha value is -0.650. The minimum absolute atomic E-state index is 0.288. The second-order valence-corrected chi connectivity index (χ2v) is 4.31. The molecule has 1 rings (SSSR count). The van der Waals surface area contributed by atoms with E-state index in [1.165, 1.54) is 0 Å². The minimum Gasteiger partial charge on any atom is -0.480 e. The highest BCUT2D eigenvalue weighted by molar-refractivity contribution is 5.74. The molecule has 0 aromatic rings. The fourth-order valence-electron chi connectivity index (χ4n) is 1.64. The first kappa shape index (κ1) is 11.4. The van der Waals surface area contributed by atoms with Gasteiger partial charge in [-0.2, -0.15) is 0 Å². The summed E-state index contributed by atoms with van der Waals surface area (Å²) >= 11 is 0. The Morgan fingerprint density at radius 1 is 1.64 bits per heavy atom. The fourth-order valence-corrected chi connectivity index (χ4v) is 1.64. The zero-order valence-electron chi connectivity index (χ0n) is 8.43. The van der Waals surface area contributed by atoms with Crippen molar-refractivity contribution in [3.8, 4) is 0 Å². The lowest BCUT2D eigenvalue weighted by Gasteiger charge is -2.24. The molecule has 0 aromatic heterocycles. The van der Waals surface area contributed by atoms with Gasteiger partial charge in [-0.25, -0.2) is 0 Å². The average Bonchev–Trinajstić information content (AvgIpc) is 2.43. The number of hydrogen-bond donors (Lipinski definition) is 3. The van der Waals surface area contributed by atoms with Gasteiger partial charge in [0.05, 0.1) is 11.7 Å². The predicted octanol–water partition coefficient (Wildman–Crippen LogP) is -0.283. The van der Waals surface area contributed by atoms with Crippen LogP contribution in [0.15, 0.2) is 0 Å². The number of nitrogens with two attached hydrogens (primary N) is 1. The SMILES string of the molecule is CC1(C)CC[C@@H]([C@@H](O)[C@H](N)C(=O)O)O1. The molecule has 0 aromatic carbocycles. The van der Waals surface area contributed by atoms with E-state index in [4.69, 9.17) is 15.6 Å². The molecule has 0 radical (unpaired) electrons. The molecule has 0 bridgehead atoms. The van der Waals surface area contributed by atoms with Crippen LogP contribution in [-0.2, 0) is 9.53 Å². The van der Waals surface area contributed by atoms with E-state index >= 15 is 0 Å². The van der Waals surface area contributed by atoms with E-state index in [-0.39, 0.29) is 5.60 Å². The van der Waals surface area contributed by atoms with E-state index in [9.17, 15) is 9.90 Å². The van der Waals surface area contributed by atoms with Gasteiger partial charge >= 0.3 is 5.97 Å². The molecule has 1 heterocycles. The van der Waals surface area contributed by atoms with Gasteiger partial charge in [-0.05, 0) is 26.7 Å². The summed E-state index contributed by atoms with van der Waals surface area (Å²) < 4.78 is 5.49. The summed E-state index contributed by atoms with van der Waals surface area (Å²) in [5, 5.41) is 18.2. The number of rotatable bonds is 3. The first-order chi connectivity index (χ1) is 6.33. The van der Waals surface area contributed by atoms with Crippen LogP contribution in [0.4, 0.5) is 0 Å². The maximum atomic E-state index is 10.5. The van der Waals surface area contributed by atoms with Gasteiger partial charge < -0.3 is 20.7 Å². The Bertz CT molecular complexity index is 229. The van der Waals surface area contributed by atoms with E-state index in [0.29, 0.717) is 6.42 Å². The van der Waals surface area contributed by atoms with Gasteiger partial charge in [-0.15, -0.1) is 0 Å². The molecule has 1 saturated heterocycles. The van der Waals surface area contributed by atoms with Crippen molar-refractivity contribution < 1.29 is 19.7 Å². The number of aliphatic carboxylic acids is 1. The van der Waals surface area contributed by atoms with Gasteiger partial charge in [0.1, 0.15) is 12.1 Å². The third kappa shape index (κ3) is 2.43. The zero-order valence-corrected chi connectivity index (χ0v) is 8.43. The summed E-state index contributed by atoms with van der Waals surface area (Å²) in [7, 11) is 0. The molecule has 82 valence electrons. The van der Waals surface area contributed by atoms with Gasteiger partial charge in [-0.1, -0.05) is 0 Å². The highest BCUT2D eigenvalue weighted by atomic mass is 16.5. The second kappa shape index (κ2) is 3.84.